The van der Waals surface area contributed by atoms with Crippen molar-refractivity contribution >= 4 is 5.91 Å². The minimum absolute atomic E-state index is 0.165. The number of rotatable bonds is 5. The Morgan fingerprint density at radius 3 is 2.67 bits per heavy atom. The van der Waals surface area contributed by atoms with Crippen molar-refractivity contribution in [3.05, 3.63) is 30.1 Å². The third-order valence-electron chi connectivity index (χ3n) is 4.37. The second kappa shape index (κ2) is 7.03. The number of hydrogen-bond donors (Lipinski definition) is 1. The summed E-state index contributed by atoms with van der Waals surface area (Å²) < 4.78 is 0. The summed E-state index contributed by atoms with van der Waals surface area (Å²) in [5.74, 6) is 0.165. The number of hydrogen-bond acceptors (Lipinski definition) is 3. The Morgan fingerprint density at radius 2 is 2.10 bits per heavy atom. The highest BCUT2D eigenvalue weighted by atomic mass is 16.2. The molecule has 0 bridgehead atoms. The lowest BCUT2D eigenvalue weighted by Crippen LogP contribution is -2.48. The Hall–Kier alpha value is -1.42. The van der Waals surface area contributed by atoms with Gasteiger partial charge < -0.3 is 10.6 Å². The lowest BCUT2D eigenvalue weighted by molar-refractivity contribution is -0.135. The van der Waals surface area contributed by atoms with Crippen LogP contribution in [0.2, 0.25) is 0 Å². The summed E-state index contributed by atoms with van der Waals surface area (Å²) in [6, 6.07) is 4.09. The van der Waals surface area contributed by atoms with E-state index >= 15 is 0 Å². The van der Waals surface area contributed by atoms with Gasteiger partial charge in [0, 0.05) is 36.9 Å². The molecule has 1 fully saturated rings. The highest BCUT2D eigenvalue weighted by Gasteiger charge is 2.32. The molecule has 2 N–H and O–H groups in total. The molecule has 1 amide bonds. The van der Waals surface area contributed by atoms with E-state index in [0.717, 1.165) is 31.2 Å². The van der Waals surface area contributed by atoms with Crippen molar-refractivity contribution < 1.29 is 4.79 Å². The van der Waals surface area contributed by atoms with Crippen molar-refractivity contribution in [1.29, 1.82) is 0 Å². The Morgan fingerprint density at radius 1 is 1.38 bits per heavy atom. The van der Waals surface area contributed by atoms with Crippen LogP contribution in [0.15, 0.2) is 24.5 Å². The molecule has 4 heteroatoms. The zero-order valence-corrected chi connectivity index (χ0v) is 13.2. The summed E-state index contributed by atoms with van der Waals surface area (Å²) in [5.41, 5.74) is 7.20. The Balaban J connectivity index is 2.02. The third kappa shape index (κ3) is 4.53. The average molecular weight is 289 g/mol. The first kappa shape index (κ1) is 16.0. The van der Waals surface area contributed by atoms with Gasteiger partial charge in [-0.2, -0.15) is 0 Å². The molecule has 2 rings (SSSR count). The normalized spacial score (nSPS) is 17.7. The first-order valence-electron chi connectivity index (χ1n) is 7.97. The van der Waals surface area contributed by atoms with Gasteiger partial charge in [0.1, 0.15) is 0 Å². The van der Waals surface area contributed by atoms with E-state index in [2.05, 4.69) is 18.8 Å². The predicted molar refractivity (Wildman–Crippen MR) is 84.5 cm³/mol. The monoisotopic (exact) mass is 289 g/mol. The molecular formula is C17H27N3O. The fraction of sp³-hybridized carbons (Fsp3) is 0.647. The lowest BCUT2D eigenvalue weighted by Gasteiger charge is -2.36. The SMILES string of the molecule is CC(C)N(Cc1cccnc1)C(=O)CC1(N)CCCCC1. The van der Waals surface area contributed by atoms with Crippen LogP contribution in [0.3, 0.4) is 0 Å². The summed E-state index contributed by atoms with van der Waals surface area (Å²) in [6.07, 6.45) is 9.52. The summed E-state index contributed by atoms with van der Waals surface area (Å²) in [4.78, 5) is 18.7. The fourth-order valence-electron chi connectivity index (χ4n) is 3.08. The Kier molecular flexibility index (Phi) is 5.34. The topological polar surface area (TPSA) is 59.2 Å². The minimum Gasteiger partial charge on any atom is -0.336 e. The third-order valence-corrected chi connectivity index (χ3v) is 4.37. The Labute approximate surface area is 127 Å². The molecule has 1 aliphatic rings. The molecule has 4 nitrogen and oxygen atoms in total. The first-order chi connectivity index (χ1) is 10.0. The van der Waals surface area contributed by atoms with Gasteiger partial charge in [0.15, 0.2) is 0 Å². The molecule has 0 aliphatic heterocycles. The van der Waals surface area contributed by atoms with Crippen LogP contribution in [0.5, 0.6) is 0 Å². The van der Waals surface area contributed by atoms with Crippen LogP contribution in [-0.2, 0) is 11.3 Å². The van der Waals surface area contributed by atoms with Crippen molar-refractivity contribution in [2.24, 2.45) is 5.73 Å². The molecular weight excluding hydrogens is 262 g/mol. The Bertz CT molecular complexity index is 452. The van der Waals surface area contributed by atoms with E-state index in [1.165, 1.54) is 6.42 Å². The number of amides is 1. The highest BCUT2D eigenvalue weighted by molar-refractivity contribution is 5.77. The van der Waals surface area contributed by atoms with E-state index in [-0.39, 0.29) is 17.5 Å². The van der Waals surface area contributed by atoms with Crippen LogP contribution in [-0.4, -0.2) is 27.4 Å². The first-order valence-corrected chi connectivity index (χ1v) is 7.97. The summed E-state index contributed by atoms with van der Waals surface area (Å²) in [5, 5.41) is 0. The maximum atomic E-state index is 12.7. The quantitative estimate of drug-likeness (QED) is 0.906. The van der Waals surface area contributed by atoms with Crippen LogP contribution in [0.25, 0.3) is 0 Å². The number of nitrogens with two attached hydrogens (primary N) is 1. The molecule has 0 atom stereocenters. The number of carbonyl (C=O) groups excluding carboxylic acids is 1. The zero-order chi connectivity index (χ0) is 15.3. The molecule has 0 saturated heterocycles. The van der Waals surface area contributed by atoms with Crippen molar-refractivity contribution in [1.82, 2.24) is 9.88 Å². The molecule has 0 spiro atoms. The predicted octanol–water partition coefficient (Wildman–Crippen LogP) is 2.87. The van der Waals surface area contributed by atoms with Gasteiger partial charge in [0.2, 0.25) is 5.91 Å². The maximum Gasteiger partial charge on any atom is 0.224 e. The molecule has 1 saturated carbocycles. The lowest BCUT2D eigenvalue weighted by atomic mass is 9.80. The largest absolute Gasteiger partial charge is 0.336 e. The smallest absolute Gasteiger partial charge is 0.224 e. The molecule has 1 aromatic rings. The average Bonchev–Trinajstić information content (AvgIpc) is 2.45. The van der Waals surface area contributed by atoms with Crippen molar-refractivity contribution in [2.45, 2.75) is 70.5 Å². The summed E-state index contributed by atoms with van der Waals surface area (Å²) in [7, 11) is 0. The van der Waals surface area contributed by atoms with Crippen LogP contribution in [0.4, 0.5) is 0 Å². The number of carbonyl (C=O) groups is 1. The van der Waals surface area contributed by atoms with Gasteiger partial charge in [-0.3, -0.25) is 9.78 Å². The van der Waals surface area contributed by atoms with Gasteiger partial charge in [-0.05, 0) is 38.3 Å². The van der Waals surface area contributed by atoms with Gasteiger partial charge in [0.25, 0.3) is 0 Å². The van der Waals surface area contributed by atoms with E-state index in [0.29, 0.717) is 13.0 Å². The van der Waals surface area contributed by atoms with Gasteiger partial charge in [-0.1, -0.05) is 25.3 Å². The van der Waals surface area contributed by atoms with Gasteiger partial charge >= 0.3 is 0 Å². The second-order valence-corrected chi connectivity index (χ2v) is 6.58. The van der Waals surface area contributed by atoms with Crippen molar-refractivity contribution in [2.75, 3.05) is 0 Å². The number of nitrogens with zero attached hydrogens (tertiary/aromatic N) is 2. The van der Waals surface area contributed by atoms with E-state index in [4.69, 9.17) is 5.73 Å². The van der Waals surface area contributed by atoms with E-state index in [9.17, 15) is 4.79 Å². The van der Waals surface area contributed by atoms with E-state index < -0.39 is 0 Å². The van der Waals surface area contributed by atoms with Crippen molar-refractivity contribution in [3.8, 4) is 0 Å². The van der Waals surface area contributed by atoms with Gasteiger partial charge in [-0.15, -0.1) is 0 Å². The van der Waals surface area contributed by atoms with Crippen LogP contribution in [0, 0.1) is 0 Å². The standard InChI is InChI=1S/C17H27N3O/c1-14(2)20(13-15-7-6-10-19-12-15)16(21)11-17(18)8-4-3-5-9-17/h6-7,10,12,14H,3-5,8-9,11,13,18H2,1-2H3. The van der Waals surface area contributed by atoms with Crippen LogP contribution in [0.1, 0.15) is 57.9 Å². The van der Waals surface area contributed by atoms with Crippen LogP contribution >= 0.6 is 0 Å². The molecule has 1 aliphatic carbocycles. The number of aromatic nitrogens is 1. The van der Waals surface area contributed by atoms with E-state index in [1.54, 1.807) is 6.20 Å². The molecule has 116 valence electrons. The van der Waals surface area contributed by atoms with Gasteiger partial charge in [0.05, 0.1) is 0 Å². The maximum absolute atomic E-state index is 12.7. The highest BCUT2D eigenvalue weighted by Crippen LogP contribution is 2.29. The number of pyridine rings is 1. The van der Waals surface area contributed by atoms with Crippen LogP contribution < -0.4 is 5.73 Å². The molecule has 21 heavy (non-hydrogen) atoms. The molecule has 0 radical (unpaired) electrons. The second-order valence-electron chi connectivity index (χ2n) is 6.58. The zero-order valence-electron chi connectivity index (χ0n) is 13.2. The summed E-state index contributed by atoms with van der Waals surface area (Å²) in [6.45, 7) is 4.72. The molecule has 0 aromatic carbocycles. The molecule has 0 unspecified atom stereocenters. The summed E-state index contributed by atoms with van der Waals surface area (Å²) >= 11 is 0. The van der Waals surface area contributed by atoms with Gasteiger partial charge in [-0.25, -0.2) is 0 Å². The molecule has 1 heterocycles. The molecule has 1 aromatic heterocycles. The fourth-order valence-corrected chi connectivity index (χ4v) is 3.08. The van der Waals surface area contributed by atoms with E-state index in [1.807, 2.05) is 23.2 Å². The van der Waals surface area contributed by atoms with Crippen molar-refractivity contribution in [3.63, 3.8) is 0 Å². The minimum atomic E-state index is -0.294.